The third-order valence-electron chi connectivity index (χ3n) is 14.9. The first kappa shape index (κ1) is 78.8. The van der Waals surface area contributed by atoms with Gasteiger partial charge < -0.3 is 14.2 Å². The molecule has 0 N–H and O–H groups in total. The van der Waals surface area contributed by atoms with Crippen LogP contribution in [0.25, 0.3) is 0 Å². The van der Waals surface area contributed by atoms with E-state index in [1.54, 1.807) is 0 Å². The summed E-state index contributed by atoms with van der Waals surface area (Å²) in [5, 5.41) is 0. The molecule has 474 valence electrons. The van der Waals surface area contributed by atoms with Crippen molar-refractivity contribution in [2.45, 2.75) is 335 Å². The fourth-order valence-corrected chi connectivity index (χ4v) is 9.68. The van der Waals surface area contributed by atoms with Crippen LogP contribution in [0.15, 0.2) is 122 Å². The SMILES string of the molecule is CC/C=C\C/C=C\C/C=C\C/C=C\C/C=C\C/C=C\CCCCCCCCCCCCCCC(=O)OCC(COC(=O)CCCCCCC/C=C\C/C=C\CCCCC)OC(=O)CCCCCCCCCCC/C=C\C/C=C\CCCCC. The van der Waals surface area contributed by atoms with Gasteiger partial charge in [-0.15, -0.1) is 0 Å². The monoisotopic (exact) mass is 1150 g/mol. The van der Waals surface area contributed by atoms with E-state index in [1.807, 2.05) is 0 Å². The van der Waals surface area contributed by atoms with Gasteiger partial charge >= 0.3 is 17.9 Å². The minimum atomic E-state index is -0.791. The fraction of sp³-hybridized carbons (Fsp3) is 0.701. The van der Waals surface area contributed by atoms with Crippen molar-refractivity contribution in [1.82, 2.24) is 0 Å². The summed E-state index contributed by atoms with van der Waals surface area (Å²) in [5.41, 5.74) is 0. The van der Waals surface area contributed by atoms with Gasteiger partial charge in [0.25, 0.3) is 0 Å². The molecule has 83 heavy (non-hydrogen) atoms. The molecule has 0 fully saturated rings. The number of rotatable bonds is 63. The number of hydrogen-bond acceptors (Lipinski definition) is 6. The minimum Gasteiger partial charge on any atom is -0.462 e. The Morgan fingerprint density at radius 1 is 0.253 bits per heavy atom. The Bertz CT molecular complexity index is 1700. The zero-order valence-electron chi connectivity index (χ0n) is 54.4. The van der Waals surface area contributed by atoms with Crippen molar-refractivity contribution in [1.29, 1.82) is 0 Å². The van der Waals surface area contributed by atoms with Gasteiger partial charge in [-0.05, 0) is 135 Å². The van der Waals surface area contributed by atoms with E-state index in [0.717, 1.165) is 128 Å². The normalized spacial score (nSPS) is 12.9. The van der Waals surface area contributed by atoms with Gasteiger partial charge in [0, 0.05) is 19.3 Å². The summed E-state index contributed by atoms with van der Waals surface area (Å²) in [6.45, 7) is 6.49. The summed E-state index contributed by atoms with van der Waals surface area (Å²) in [4.78, 5) is 38.4. The largest absolute Gasteiger partial charge is 0.462 e. The van der Waals surface area contributed by atoms with Crippen LogP contribution in [0.2, 0.25) is 0 Å². The number of esters is 3. The molecule has 0 rings (SSSR count). The second-order valence-corrected chi connectivity index (χ2v) is 23.1. The molecule has 0 aromatic heterocycles. The van der Waals surface area contributed by atoms with Crippen LogP contribution in [0, 0.1) is 0 Å². The van der Waals surface area contributed by atoms with Gasteiger partial charge in [-0.2, -0.15) is 0 Å². The zero-order valence-corrected chi connectivity index (χ0v) is 54.4. The summed E-state index contributed by atoms with van der Waals surface area (Å²) < 4.78 is 17.0. The summed E-state index contributed by atoms with van der Waals surface area (Å²) in [6.07, 6.45) is 97.8. The van der Waals surface area contributed by atoms with E-state index in [1.165, 1.54) is 161 Å². The van der Waals surface area contributed by atoms with Crippen molar-refractivity contribution in [3.63, 3.8) is 0 Å². The van der Waals surface area contributed by atoms with E-state index in [0.29, 0.717) is 19.3 Å². The summed E-state index contributed by atoms with van der Waals surface area (Å²) in [6, 6.07) is 0. The predicted molar refractivity (Wildman–Crippen MR) is 362 cm³/mol. The van der Waals surface area contributed by atoms with Crippen LogP contribution in [0.5, 0.6) is 0 Å². The number of carbonyl (C=O) groups excluding carboxylic acids is 3. The van der Waals surface area contributed by atoms with Crippen LogP contribution >= 0.6 is 0 Å². The van der Waals surface area contributed by atoms with E-state index >= 15 is 0 Å². The van der Waals surface area contributed by atoms with Crippen LogP contribution in [-0.4, -0.2) is 37.2 Å². The highest BCUT2D eigenvalue weighted by atomic mass is 16.6. The number of carbonyl (C=O) groups is 3. The fourth-order valence-electron chi connectivity index (χ4n) is 9.68. The van der Waals surface area contributed by atoms with Gasteiger partial charge in [-0.25, -0.2) is 0 Å². The lowest BCUT2D eigenvalue weighted by molar-refractivity contribution is -0.167. The lowest BCUT2D eigenvalue weighted by Gasteiger charge is -2.18. The second kappa shape index (κ2) is 70.3. The number of unbranched alkanes of at least 4 members (excludes halogenated alkanes) is 32. The van der Waals surface area contributed by atoms with Gasteiger partial charge in [-0.1, -0.05) is 296 Å². The maximum Gasteiger partial charge on any atom is 0.306 e. The van der Waals surface area contributed by atoms with Crippen LogP contribution < -0.4 is 0 Å². The maximum atomic E-state index is 12.9. The molecular formula is C77H130O6. The van der Waals surface area contributed by atoms with Crippen molar-refractivity contribution in [3.05, 3.63) is 122 Å². The second-order valence-electron chi connectivity index (χ2n) is 23.1. The van der Waals surface area contributed by atoms with Crippen molar-refractivity contribution in [2.24, 2.45) is 0 Å². The third-order valence-corrected chi connectivity index (χ3v) is 14.9. The molecule has 0 heterocycles. The Kier molecular flexibility index (Phi) is 66.7. The molecule has 0 saturated heterocycles. The van der Waals surface area contributed by atoms with Gasteiger partial charge in [0.05, 0.1) is 0 Å². The first-order valence-corrected chi connectivity index (χ1v) is 35.0. The molecule has 0 radical (unpaired) electrons. The quantitative estimate of drug-likeness (QED) is 0.0261. The lowest BCUT2D eigenvalue weighted by atomic mass is 10.0. The van der Waals surface area contributed by atoms with E-state index in [9.17, 15) is 14.4 Å². The Hall–Kier alpha value is -4.19. The highest BCUT2D eigenvalue weighted by molar-refractivity contribution is 5.71. The molecule has 6 nitrogen and oxygen atoms in total. The zero-order chi connectivity index (χ0) is 59.9. The lowest BCUT2D eigenvalue weighted by Crippen LogP contribution is -2.30. The molecule has 0 aliphatic heterocycles. The van der Waals surface area contributed by atoms with E-state index < -0.39 is 6.10 Å². The summed E-state index contributed by atoms with van der Waals surface area (Å²) >= 11 is 0. The van der Waals surface area contributed by atoms with E-state index in [2.05, 4.69) is 142 Å². The van der Waals surface area contributed by atoms with Crippen LogP contribution in [0.3, 0.4) is 0 Å². The molecule has 0 aliphatic carbocycles. The van der Waals surface area contributed by atoms with Gasteiger partial charge in [0.2, 0.25) is 0 Å². The standard InChI is InChI=1S/C77H130O6/c1-4-7-10-13-16-19-22-25-28-30-32-33-34-35-36-37-38-39-40-41-42-43-45-46-49-52-55-58-61-64-67-70-76(79)82-73-74(72-81-75(78)69-66-63-60-57-54-51-48-27-24-21-18-15-12-9-6-3)83-77(80)71-68-65-62-59-56-53-50-47-44-31-29-26-23-20-17-14-11-8-5-2/h7,10,16-21,25-29,32-33,35-36,38-39,48,74H,4-6,8-9,11-15,22-24,30-31,34,37,40-47,49-73H2,1-3H3/b10-7-,19-16-,20-17-,21-18-,28-25-,29-26-,33-32-,36-35-,39-38-,48-27-. The highest BCUT2D eigenvalue weighted by Gasteiger charge is 2.19. The molecule has 0 aliphatic rings. The summed E-state index contributed by atoms with van der Waals surface area (Å²) in [7, 11) is 0. The molecule has 0 amide bonds. The Morgan fingerprint density at radius 3 is 0.735 bits per heavy atom. The van der Waals surface area contributed by atoms with Gasteiger partial charge in [0.15, 0.2) is 6.10 Å². The maximum absolute atomic E-state index is 12.9. The molecule has 0 aromatic rings. The van der Waals surface area contributed by atoms with Gasteiger partial charge in [0.1, 0.15) is 13.2 Å². The molecule has 0 spiro atoms. The molecular weight excluding hydrogens is 1020 g/mol. The molecule has 0 aromatic carbocycles. The van der Waals surface area contributed by atoms with Crippen molar-refractivity contribution in [3.8, 4) is 0 Å². The predicted octanol–water partition coefficient (Wildman–Crippen LogP) is 24.3. The first-order chi connectivity index (χ1) is 41.0. The van der Waals surface area contributed by atoms with E-state index in [4.69, 9.17) is 14.2 Å². The molecule has 1 atom stereocenters. The topological polar surface area (TPSA) is 78.9 Å². The molecule has 0 saturated carbocycles. The number of ether oxygens (including phenoxy) is 3. The molecule has 1 unspecified atom stereocenters. The number of allylic oxidation sites excluding steroid dienone is 20. The number of hydrogen-bond donors (Lipinski definition) is 0. The van der Waals surface area contributed by atoms with Crippen molar-refractivity contribution in [2.75, 3.05) is 13.2 Å². The smallest absolute Gasteiger partial charge is 0.306 e. The third kappa shape index (κ3) is 68.5. The summed E-state index contributed by atoms with van der Waals surface area (Å²) in [5.74, 6) is -0.895. The average molecular weight is 1150 g/mol. The average Bonchev–Trinajstić information content (AvgIpc) is 3.49. The van der Waals surface area contributed by atoms with Crippen LogP contribution in [0.4, 0.5) is 0 Å². The first-order valence-electron chi connectivity index (χ1n) is 35.0. The van der Waals surface area contributed by atoms with Crippen molar-refractivity contribution < 1.29 is 28.6 Å². The Labute approximate surface area is 513 Å². The molecule has 0 bridgehead atoms. The minimum absolute atomic E-state index is 0.0855. The van der Waals surface area contributed by atoms with Crippen molar-refractivity contribution >= 4 is 17.9 Å². The Balaban J connectivity index is 4.30. The molecule has 6 heteroatoms. The van der Waals surface area contributed by atoms with Crippen LogP contribution in [0.1, 0.15) is 329 Å². The van der Waals surface area contributed by atoms with Gasteiger partial charge in [-0.3, -0.25) is 14.4 Å². The van der Waals surface area contributed by atoms with Crippen LogP contribution in [-0.2, 0) is 28.6 Å². The highest BCUT2D eigenvalue weighted by Crippen LogP contribution is 2.16. The Morgan fingerprint density at radius 2 is 0.470 bits per heavy atom. The van der Waals surface area contributed by atoms with E-state index in [-0.39, 0.29) is 31.1 Å².